The fourth-order valence-electron chi connectivity index (χ4n) is 1.93. The van der Waals surface area contributed by atoms with Crippen molar-refractivity contribution in [1.29, 1.82) is 0 Å². The van der Waals surface area contributed by atoms with Crippen molar-refractivity contribution in [3.8, 4) is 11.5 Å². The molecule has 0 aliphatic heterocycles. The summed E-state index contributed by atoms with van der Waals surface area (Å²) in [4.78, 5) is 0. The van der Waals surface area contributed by atoms with E-state index in [9.17, 15) is 5.11 Å². The van der Waals surface area contributed by atoms with E-state index in [0.717, 1.165) is 36.3 Å². The van der Waals surface area contributed by atoms with Crippen molar-refractivity contribution in [3.05, 3.63) is 71.8 Å². The van der Waals surface area contributed by atoms with E-state index in [-0.39, 0.29) is 5.75 Å². The molecule has 0 bridgehead atoms. The standard InChI is InChI=1S/C20H22O2/c1-2-3-16-22-20-14-10-18(11-15-20)7-5-4-6-17-8-12-19(21)13-9-17/h4-15,21H,2-3,16H2,1H3. The quantitative estimate of drug-likeness (QED) is 0.555. The summed E-state index contributed by atoms with van der Waals surface area (Å²) >= 11 is 0. The van der Waals surface area contributed by atoms with Crippen molar-refractivity contribution in [1.82, 2.24) is 0 Å². The number of benzene rings is 2. The van der Waals surface area contributed by atoms with Gasteiger partial charge in [-0.2, -0.15) is 0 Å². The Hall–Kier alpha value is -2.48. The first-order valence-corrected chi connectivity index (χ1v) is 7.64. The van der Waals surface area contributed by atoms with Crippen LogP contribution in [0.5, 0.6) is 11.5 Å². The zero-order chi connectivity index (χ0) is 15.6. The molecule has 0 saturated carbocycles. The lowest BCUT2D eigenvalue weighted by Crippen LogP contribution is -1.95. The van der Waals surface area contributed by atoms with E-state index in [1.807, 2.05) is 60.7 Å². The molecule has 2 aromatic carbocycles. The second-order valence-corrected chi connectivity index (χ2v) is 5.08. The molecule has 0 unspecified atom stereocenters. The molecule has 2 nitrogen and oxygen atoms in total. The fourth-order valence-corrected chi connectivity index (χ4v) is 1.93. The van der Waals surface area contributed by atoms with Crippen LogP contribution in [-0.4, -0.2) is 11.7 Å². The highest BCUT2D eigenvalue weighted by molar-refractivity contribution is 5.57. The van der Waals surface area contributed by atoms with Gasteiger partial charge in [-0.05, 0) is 41.8 Å². The third kappa shape index (κ3) is 5.49. The molecule has 0 aromatic heterocycles. The topological polar surface area (TPSA) is 29.5 Å². The number of phenols is 1. The zero-order valence-corrected chi connectivity index (χ0v) is 12.9. The van der Waals surface area contributed by atoms with Gasteiger partial charge in [0.1, 0.15) is 11.5 Å². The molecule has 0 aliphatic carbocycles. The van der Waals surface area contributed by atoms with Gasteiger partial charge in [0.15, 0.2) is 0 Å². The Morgan fingerprint density at radius 2 is 1.41 bits per heavy atom. The van der Waals surface area contributed by atoms with Crippen molar-refractivity contribution in [3.63, 3.8) is 0 Å². The summed E-state index contributed by atoms with van der Waals surface area (Å²) in [5.41, 5.74) is 2.19. The minimum absolute atomic E-state index is 0.286. The molecule has 1 N–H and O–H groups in total. The molecule has 0 amide bonds. The molecule has 0 spiro atoms. The third-order valence-electron chi connectivity index (χ3n) is 3.23. The maximum absolute atomic E-state index is 9.22. The van der Waals surface area contributed by atoms with Gasteiger partial charge in [-0.3, -0.25) is 0 Å². The zero-order valence-electron chi connectivity index (χ0n) is 12.9. The average molecular weight is 294 g/mol. The maximum Gasteiger partial charge on any atom is 0.119 e. The number of unbranched alkanes of at least 4 members (excludes halogenated alkanes) is 1. The lowest BCUT2D eigenvalue weighted by molar-refractivity contribution is 0.309. The van der Waals surface area contributed by atoms with Crippen molar-refractivity contribution >= 4 is 12.2 Å². The summed E-state index contributed by atoms with van der Waals surface area (Å²) in [5.74, 6) is 1.21. The lowest BCUT2D eigenvalue weighted by atomic mass is 10.2. The highest BCUT2D eigenvalue weighted by Crippen LogP contribution is 2.14. The summed E-state index contributed by atoms with van der Waals surface area (Å²) in [6, 6.07) is 15.2. The predicted octanol–water partition coefficient (Wildman–Crippen LogP) is 5.30. The Bertz CT molecular complexity index is 607. The van der Waals surface area contributed by atoms with Crippen molar-refractivity contribution in [2.45, 2.75) is 19.8 Å². The number of rotatable bonds is 7. The maximum atomic E-state index is 9.22. The summed E-state index contributed by atoms with van der Waals surface area (Å²) in [6.07, 6.45) is 10.3. The van der Waals surface area contributed by atoms with Gasteiger partial charge in [-0.15, -0.1) is 0 Å². The minimum Gasteiger partial charge on any atom is -0.508 e. The molecule has 0 heterocycles. The molecule has 0 fully saturated rings. The van der Waals surface area contributed by atoms with Gasteiger partial charge >= 0.3 is 0 Å². The first-order valence-electron chi connectivity index (χ1n) is 7.64. The Kier molecular flexibility index (Phi) is 6.31. The van der Waals surface area contributed by atoms with E-state index >= 15 is 0 Å². The summed E-state index contributed by atoms with van der Waals surface area (Å²) in [6.45, 7) is 2.93. The van der Waals surface area contributed by atoms with E-state index in [0.29, 0.717) is 0 Å². The van der Waals surface area contributed by atoms with Crippen LogP contribution in [0.25, 0.3) is 12.2 Å². The van der Waals surface area contributed by atoms with Crippen LogP contribution < -0.4 is 4.74 Å². The van der Waals surface area contributed by atoms with Crippen LogP contribution in [0.2, 0.25) is 0 Å². The van der Waals surface area contributed by atoms with Crippen LogP contribution >= 0.6 is 0 Å². The Labute approximate surface area is 132 Å². The fraction of sp³-hybridized carbons (Fsp3) is 0.200. The summed E-state index contributed by atoms with van der Waals surface area (Å²) < 4.78 is 5.64. The number of ether oxygens (including phenoxy) is 1. The first-order chi connectivity index (χ1) is 10.8. The van der Waals surface area contributed by atoms with Crippen LogP contribution in [0.1, 0.15) is 30.9 Å². The van der Waals surface area contributed by atoms with Gasteiger partial charge in [0.2, 0.25) is 0 Å². The van der Waals surface area contributed by atoms with Crippen LogP contribution in [-0.2, 0) is 0 Å². The Morgan fingerprint density at radius 3 is 1.95 bits per heavy atom. The summed E-state index contributed by atoms with van der Waals surface area (Å²) in [7, 11) is 0. The van der Waals surface area contributed by atoms with Crippen LogP contribution in [0.4, 0.5) is 0 Å². The van der Waals surface area contributed by atoms with Gasteiger partial charge < -0.3 is 9.84 Å². The van der Waals surface area contributed by atoms with E-state index in [2.05, 4.69) is 6.92 Å². The first kappa shape index (κ1) is 15.9. The minimum atomic E-state index is 0.286. The molecule has 2 heteroatoms. The van der Waals surface area contributed by atoms with Gasteiger partial charge in [-0.25, -0.2) is 0 Å². The van der Waals surface area contributed by atoms with E-state index in [1.54, 1.807) is 12.1 Å². The highest BCUT2D eigenvalue weighted by Gasteiger charge is 1.92. The lowest BCUT2D eigenvalue weighted by Gasteiger charge is -2.04. The van der Waals surface area contributed by atoms with E-state index in [1.165, 1.54) is 0 Å². The Morgan fingerprint density at radius 1 is 0.864 bits per heavy atom. The van der Waals surface area contributed by atoms with Gasteiger partial charge in [0.25, 0.3) is 0 Å². The second-order valence-electron chi connectivity index (χ2n) is 5.08. The van der Waals surface area contributed by atoms with E-state index < -0.39 is 0 Å². The van der Waals surface area contributed by atoms with E-state index in [4.69, 9.17) is 4.74 Å². The molecule has 114 valence electrons. The SMILES string of the molecule is CCCCOc1ccc(C=CC=Cc2ccc(O)cc2)cc1. The molecule has 0 saturated heterocycles. The Balaban J connectivity index is 1.86. The van der Waals surface area contributed by atoms with Gasteiger partial charge in [-0.1, -0.05) is 61.9 Å². The predicted molar refractivity (Wildman–Crippen MR) is 93.0 cm³/mol. The second kappa shape index (κ2) is 8.73. The molecule has 2 rings (SSSR count). The van der Waals surface area contributed by atoms with Gasteiger partial charge in [0.05, 0.1) is 6.61 Å². The van der Waals surface area contributed by atoms with Crippen LogP contribution in [0.3, 0.4) is 0 Å². The molecule has 22 heavy (non-hydrogen) atoms. The number of hydrogen-bond donors (Lipinski definition) is 1. The molecule has 0 radical (unpaired) electrons. The molecule has 0 aliphatic rings. The molecule has 0 atom stereocenters. The summed E-state index contributed by atoms with van der Waals surface area (Å²) in [5, 5.41) is 9.22. The van der Waals surface area contributed by atoms with Crippen molar-refractivity contribution in [2.75, 3.05) is 6.61 Å². The number of allylic oxidation sites excluding steroid dienone is 2. The molecular formula is C20H22O2. The highest BCUT2D eigenvalue weighted by atomic mass is 16.5. The van der Waals surface area contributed by atoms with Crippen LogP contribution in [0, 0.1) is 0 Å². The normalized spacial score (nSPS) is 11.3. The van der Waals surface area contributed by atoms with Crippen molar-refractivity contribution in [2.24, 2.45) is 0 Å². The number of aromatic hydroxyl groups is 1. The average Bonchev–Trinajstić information content (AvgIpc) is 2.55. The number of phenolic OH excluding ortho intramolecular Hbond substituents is 1. The largest absolute Gasteiger partial charge is 0.508 e. The number of hydrogen-bond acceptors (Lipinski definition) is 2. The monoisotopic (exact) mass is 294 g/mol. The smallest absolute Gasteiger partial charge is 0.119 e. The molecular weight excluding hydrogens is 272 g/mol. The van der Waals surface area contributed by atoms with Crippen LogP contribution in [0.15, 0.2) is 60.7 Å². The van der Waals surface area contributed by atoms with Gasteiger partial charge in [0, 0.05) is 0 Å². The van der Waals surface area contributed by atoms with Crippen molar-refractivity contribution < 1.29 is 9.84 Å². The third-order valence-corrected chi connectivity index (χ3v) is 3.23. The molecule has 2 aromatic rings.